The van der Waals surface area contributed by atoms with Crippen LogP contribution in [0.4, 0.5) is 11.4 Å². The molecule has 0 amide bonds. The predicted molar refractivity (Wildman–Crippen MR) is 81.4 cm³/mol. The lowest BCUT2D eigenvalue weighted by molar-refractivity contribution is 0.0608. The van der Waals surface area contributed by atoms with Gasteiger partial charge in [0.2, 0.25) is 0 Å². The minimum atomic E-state index is 0.511. The third-order valence-electron chi connectivity index (χ3n) is 4.88. The molecular formula is C16H22N4. The molecule has 20 heavy (non-hydrogen) atoms. The number of anilines is 2. The average molecular weight is 270 g/mol. The van der Waals surface area contributed by atoms with E-state index in [1.165, 1.54) is 32.1 Å². The summed E-state index contributed by atoms with van der Waals surface area (Å²) in [5, 5.41) is 12.6. The number of fused-ring (bicyclic) bond motifs is 2. The largest absolute Gasteiger partial charge is 0.398 e. The molecule has 4 nitrogen and oxygen atoms in total. The zero-order chi connectivity index (χ0) is 14.1. The van der Waals surface area contributed by atoms with Crippen LogP contribution in [0.5, 0.6) is 0 Å². The van der Waals surface area contributed by atoms with Crippen LogP contribution in [0, 0.1) is 11.3 Å². The molecule has 1 aromatic rings. The molecule has 2 fully saturated rings. The fraction of sp³-hybridized carbons (Fsp3) is 0.562. The van der Waals surface area contributed by atoms with E-state index in [1.54, 1.807) is 0 Å². The van der Waals surface area contributed by atoms with E-state index in [4.69, 9.17) is 11.0 Å². The molecule has 3 rings (SSSR count). The summed E-state index contributed by atoms with van der Waals surface area (Å²) in [5.74, 6) is 0. The molecule has 2 bridgehead atoms. The summed E-state index contributed by atoms with van der Waals surface area (Å²) < 4.78 is 0. The van der Waals surface area contributed by atoms with Gasteiger partial charge in [-0.25, -0.2) is 0 Å². The number of nitriles is 1. The standard InChI is InChI=1S/C16H22N4/c1-20-14-3-2-4-15(20)9-13(8-14)19-12-5-6-16(18)11(7-12)10-17/h5-7,13-15,19H,2-4,8-9,18H2,1H3. The van der Waals surface area contributed by atoms with Crippen molar-refractivity contribution < 1.29 is 0 Å². The predicted octanol–water partition coefficient (Wildman–Crippen LogP) is 2.57. The zero-order valence-electron chi connectivity index (χ0n) is 12.0. The second-order valence-electron chi connectivity index (χ2n) is 6.13. The Morgan fingerprint density at radius 3 is 2.65 bits per heavy atom. The highest BCUT2D eigenvalue weighted by Crippen LogP contribution is 2.34. The SMILES string of the molecule is CN1C2CCCC1CC(Nc1ccc(N)c(C#N)c1)C2. The second-order valence-corrected chi connectivity index (χ2v) is 6.13. The zero-order valence-corrected chi connectivity index (χ0v) is 12.0. The molecule has 0 aromatic heterocycles. The molecule has 0 spiro atoms. The number of nitrogen functional groups attached to an aromatic ring is 1. The second kappa shape index (κ2) is 5.34. The van der Waals surface area contributed by atoms with Gasteiger partial charge >= 0.3 is 0 Å². The molecule has 2 heterocycles. The lowest BCUT2D eigenvalue weighted by Crippen LogP contribution is -2.52. The van der Waals surface area contributed by atoms with Gasteiger partial charge in [-0.1, -0.05) is 6.42 Å². The summed E-state index contributed by atoms with van der Waals surface area (Å²) in [6, 6.07) is 9.74. The van der Waals surface area contributed by atoms with E-state index in [9.17, 15) is 0 Å². The average Bonchev–Trinajstić information content (AvgIpc) is 2.42. The van der Waals surface area contributed by atoms with Gasteiger partial charge in [-0.05, 0) is 50.9 Å². The first-order chi connectivity index (χ1) is 9.67. The van der Waals surface area contributed by atoms with Crippen LogP contribution in [0.1, 0.15) is 37.7 Å². The fourth-order valence-corrected chi connectivity index (χ4v) is 3.71. The summed E-state index contributed by atoms with van der Waals surface area (Å²) in [6.07, 6.45) is 6.39. The van der Waals surface area contributed by atoms with Gasteiger partial charge in [0, 0.05) is 29.5 Å². The molecule has 1 aromatic carbocycles. The van der Waals surface area contributed by atoms with Gasteiger partial charge in [0.25, 0.3) is 0 Å². The molecular weight excluding hydrogens is 248 g/mol. The highest BCUT2D eigenvalue weighted by molar-refractivity contribution is 5.62. The van der Waals surface area contributed by atoms with E-state index in [0.717, 1.165) is 5.69 Å². The molecule has 0 radical (unpaired) electrons. The van der Waals surface area contributed by atoms with Crippen molar-refractivity contribution in [3.05, 3.63) is 23.8 Å². The first kappa shape index (κ1) is 13.3. The number of rotatable bonds is 2. The number of nitrogens with one attached hydrogen (secondary N) is 1. The van der Waals surface area contributed by atoms with Crippen molar-refractivity contribution in [2.24, 2.45) is 0 Å². The highest BCUT2D eigenvalue weighted by Gasteiger charge is 2.35. The maximum absolute atomic E-state index is 9.05. The van der Waals surface area contributed by atoms with Crippen LogP contribution in [-0.4, -0.2) is 30.1 Å². The normalized spacial score (nSPS) is 29.7. The van der Waals surface area contributed by atoms with Crippen molar-refractivity contribution in [1.29, 1.82) is 5.26 Å². The fourth-order valence-electron chi connectivity index (χ4n) is 3.71. The first-order valence-corrected chi connectivity index (χ1v) is 7.45. The topological polar surface area (TPSA) is 65.1 Å². The minimum absolute atomic E-state index is 0.511. The van der Waals surface area contributed by atoms with Crippen molar-refractivity contribution in [3.8, 4) is 6.07 Å². The van der Waals surface area contributed by atoms with Gasteiger partial charge in [0.1, 0.15) is 6.07 Å². The van der Waals surface area contributed by atoms with Gasteiger partial charge in [0.05, 0.1) is 5.56 Å². The molecule has 2 aliphatic heterocycles. The van der Waals surface area contributed by atoms with Crippen LogP contribution >= 0.6 is 0 Å². The Kier molecular flexibility index (Phi) is 3.54. The Morgan fingerprint density at radius 2 is 2.00 bits per heavy atom. The quantitative estimate of drug-likeness (QED) is 0.811. The van der Waals surface area contributed by atoms with E-state index in [1.807, 2.05) is 18.2 Å². The van der Waals surface area contributed by atoms with Crippen LogP contribution in [-0.2, 0) is 0 Å². The van der Waals surface area contributed by atoms with Crippen LogP contribution in [0.15, 0.2) is 18.2 Å². The molecule has 3 N–H and O–H groups in total. The van der Waals surface area contributed by atoms with Crippen LogP contribution in [0.25, 0.3) is 0 Å². The molecule has 0 aliphatic carbocycles. The molecule has 2 atom stereocenters. The van der Waals surface area contributed by atoms with Crippen LogP contribution in [0.3, 0.4) is 0 Å². The van der Waals surface area contributed by atoms with E-state index in [2.05, 4.69) is 23.3 Å². The third-order valence-corrected chi connectivity index (χ3v) is 4.88. The Hall–Kier alpha value is -1.73. The van der Waals surface area contributed by atoms with E-state index in [-0.39, 0.29) is 0 Å². The van der Waals surface area contributed by atoms with Crippen molar-refractivity contribution >= 4 is 11.4 Å². The highest BCUT2D eigenvalue weighted by atomic mass is 15.2. The Bertz CT molecular complexity index is 520. The lowest BCUT2D eigenvalue weighted by atomic mass is 9.82. The Balaban J connectivity index is 1.71. The van der Waals surface area contributed by atoms with Gasteiger partial charge < -0.3 is 16.0 Å². The summed E-state index contributed by atoms with van der Waals surface area (Å²) in [5.41, 5.74) is 7.90. The summed E-state index contributed by atoms with van der Waals surface area (Å²) in [4.78, 5) is 2.56. The number of piperidine rings is 2. The van der Waals surface area contributed by atoms with Crippen LogP contribution < -0.4 is 11.1 Å². The molecule has 2 saturated heterocycles. The van der Waals surface area contributed by atoms with Gasteiger partial charge in [-0.3, -0.25) is 0 Å². The van der Waals surface area contributed by atoms with Crippen molar-refractivity contribution in [1.82, 2.24) is 4.90 Å². The molecule has 4 heteroatoms. The monoisotopic (exact) mass is 270 g/mol. The first-order valence-electron chi connectivity index (χ1n) is 7.45. The van der Waals surface area contributed by atoms with Crippen molar-refractivity contribution in [2.45, 2.75) is 50.2 Å². The van der Waals surface area contributed by atoms with Gasteiger partial charge in [-0.15, -0.1) is 0 Å². The lowest BCUT2D eigenvalue weighted by Gasteiger charge is -2.47. The van der Waals surface area contributed by atoms with Crippen molar-refractivity contribution in [2.75, 3.05) is 18.1 Å². The molecule has 0 saturated carbocycles. The molecule has 2 unspecified atom stereocenters. The van der Waals surface area contributed by atoms with Gasteiger partial charge in [0.15, 0.2) is 0 Å². The molecule has 2 aliphatic rings. The maximum Gasteiger partial charge on any atom is 0.101 e. The smallest absolute Gasteiger partial charge is 0.101 e. The third kappa shape index (κ3) is 2.46. The Labute approximate surface area is 120 Å². The summed E-state index contributed by atoms with van der Waals surface area (Å²) in [7, 11) is 2.27. The van der Waals surface area contributed by atoms with E-state index in [0.29, 0.717) is 29.4 Å². The Morgan fingerprint density at radius 1 is 1.30 bits per heavy atom. The number of nitrogens with zero attached hydrogens (tertiary/aromatic N) is 2. The van der Waals surface area contributed by atoms with Crippen molar-refractivity contribution in [3.63, 3.8) is 0 Å². The van der Waals surface area contributed by atoms with Gasteiger partial charge in [-0.2, -0.15) is 5.26 Å². The number of hydrogen-bond donors (Lipinski definition) is 2. The van der Waals surface area contributed by atoms with Crippen LogP contribution in [0.2, 0.25) is 0 Å². The number of hydrogen-bond acceptors (Lipinski definition) is 4. The number of benzene rings is 1. The van der Waals surface area contributed by atoms with E-state index >= 15 is 0 Å². The summed E-state index contributed by atoms with van der Waals surface area (Å²) in [6.45, 7) is 0. The maximum atomic E-state index is 9.05. The summed E-state index contributed by atoms with van der Waals surface area (Å²) >= 11 is 0. The van der Waals surface area contributed by atoms with E-state index < -0.39 is 0 Å². The number of nitrogens with two attached hydrogens (primary N) is 1. The molecule has 106 valence electrons. The minimum Gasteiger partial charge on any atom is -0.398 e.